The Labute approximate surface area is 111 Å². The first-order valence-electron chi connectivity index (χ1n) is 7.06. The second kappa shape index (κ2) is 8.72. The molecule has 0 aliphatic carbocycles. The molecule has 0 radical (unpaired) electrons. The van der Waals surface area contributed by atoms with Crippen LogP contribution in [0.25, 0.3) is 0 Å². The number of anilines is 2. The first-order chi connectivity index (χ1) is 8.77. The molecule has 0 aliphatic heterocycles. The van der Waals surface area contributed by atoms with Gasteiger partial charge in [-0.3, -0.25) is 0 Å². The molecule has 1 rings (SSSR count). The monoisotopic (exact) mass is 250 g/mol. The van der Waals surface area contributed by atoms with Crippen LogP contribution in [0.5, 0.6) is 0 Å². The maximum absolute atomic E-state index is 4.53. The summed E-state index contributed by atoms with van der Waals surface area (Å²) in [5.74, 6) is 1.74. The molecule has 0 unspecified atom stereocenters. The third-order valence-electron chi connectivity index (χ3n) is 2.92. The molecule has 0 aliphatic rings. The van der Waals surface area contributed by atoms with Crippen molar-refractivity contribution < 1.29 is 0 Å². The average Bonchev–Trinajstić information content (AvgIpc) is 2.41. The molecular weight excluding hydrogens is 224 g/mol. The number of rotatable bonds is 9. The lowest BCUT2D eigenvalue weighted by molar-refractivity contribution is 0.738. The van der Waals surface area contributed by atoms with E-state index in [2.05, 4.69) is 34.0 Å². The van der Waals surface area contributed by atoms with E-state index in [1.807, 2.05) is 19.3 Å². The minimum absolute atomic E-state index is 0.809. The van der Waals surface area contributed by atoms with Crippen LogP contribution in [0.4, 0.5) is 11.8 Å². The molecule has 4 heteroatoms. The van der Waals surface area contributed by atoms with Crippen molar-refractivity contribution >= 4 is 11.8 Å². The first kappa shape index (κ1) is 14.7. The van der Waals surface area contributed by atoms with Gasteiger partial charge in [0.25, 0.3) is 0 Å². The molecule has 18 heavy (non-hydrogen) atoms. The van der Waals surface area contributed by atoms with E-state index in [9.17, 15) is 0 Å². The van der Waals surface area contributed by atoms with Gasteiger partial charge in [0.15, 0.2) is 0 Å². The zero-order valence-corrected chi connectivity index (χ0v) is 11.9. The fourth-order valence-electron chi connectivity index (χ4n) is 1.72. The van der Waals surface area contributed by atoms with E-state index in [1.165, 1.54) is 32.1 Å². The number of unbranched alkanes of at least 4 members (excludes halogenated alkanes) is 3. The molecule has 0 amide bonds. The van der Waals surface area contributed by atoms with Gasteiger partial charge in [-0.05, 0) is 18.9 Å². The van der Waals surface area contributed by atoms with Crippen molar-refractivity contribution in [1.82, 2.24) is 9.97 Å². The third kappa shape index (κ3) is 5.34. The minimum Gasteiger partial charge on any atom is -0.370 e. The highest BCUT2D eigenvalue weighted by Crippen LogP contribution is 2.10. The standard InChI is InChI=1S/C14H26N4/c1-4-6-8-10-15-13-9-11-16-14(17-13)18(3)12-7-5-2/h9,11H,4-8,10,12H2,1-3H3,(H,15,16,17). The maximum Gasteiger partial charge on any atom is 0.226 e. The lowest BCUT2D eigenvalue weighted by atomic mass is 10.2. The van der Waals surface area contributed by atoms with Gasteiger partial charge in [0.05, 0.1) is 0 Å². The van der Waals surface area contributed by atoms with Crippen molar-refractivity contribution in [1.29, 1.82) is 0 Å². The zero-order valence-electron chi connectivity index (χ0n) is 11.9. The SMILES string of the molecule is CCCCCNc1ccnc(N(C)CCCC)n1. The molecular formula is C14H26N4. The van der Waals surface area contributed by atoms with Crippen molar-refractivity contribution in [2.45, 2.75) is 46.0 Å². The molecule has 0 saturated heterocycles. The Kier molecular flexibility index (Phi) is 7.14. The quantitative estimate of drug-likeness (QED) is 0.683. The van der Waals surface area contributed by atoms with Crippen molar-refractivity contribution in [3.8, 4) is 0 Å². The largest absolute Gasteiger partial charge is 0.370 e. The Morgan fingerprint density at radius 2 is 1.94 bits per heavy atom. The summed E-state index contributed by atoms with van der Waals surface area (Å²) < 4.78 is 0. The fraction of sp³-hybridized carbons (Fsp3) is 0.714. The summed E-state index contributed by atoms with van der Waals surface area (Å²) in [6.45, 7) is 6.41. The number of aromatic nitrogens is 2. The van der Waals surface area contributed by atoms with Crippen LogP contribution in [-0.2, 0) is 0 Å². The van der Waals surface area contributed by atoms with Crippen LogP contribution >= 0.6 is 0 Å². The summed E-state index contributed by atoms with van der Waals surface area (Å²) in [7, 11) is 2.05. The number of nitrogens with one attached hydrogen (secondary N) is 1. The number of nitrogens with zero attached hydrogens (tertiary/aromatic N) is 3. The minimum atomic E-state index is 0.809. The summed E-state index contributed by atoms with van der Waals surface area (Å²) >= 11 is 0. The molecule has 0 bridgehead atoms. The lowest BCUT2D eigenvalue weighted by Crippen LogP contribution is -2.21. The van der Waals surface area contributed by atoms with Crippen molar-refractivity contribution in [2.24, 2.45) is 0 Å². The Balaban J connectivity index is 2.45. The summed E-state index contributed by atoms with van der Waals surface area (Å²) in [6, 6.07) is 1.93. The van der Waals surface area contributed by atoms with Gasteiger partial charge < -0.3 is 10.2 Å². The van der Waals surface area contributed by atoms with Crippen LogP contribution in [0, 0.1) is 0 Å². The first-order valence-corrected chi connectivity index (χ1v) is 7.06. The van der Waals surface area contributed by atoms with Gasteiger partial charge in [-0.25, -0.2) is 4.98 Å². The molecule has 0 atom stereocenters. The smallest absolute Gasteiger partial charge is 0.226 e. The van der Waals surface area contributed by atoms with Gasteiger partial charge in [-0.15, -0.1) is 0 Å². The molecule has 1 aromatic heterocycles. The predicted octanol–water partition coefficient (Wildman–Crippen LogP) is 3.32. The summed E-state index contributed by atoms with van der Waals surface area (Å²) in [4.78, 5) is 11.0. The molecule has 0 saturated carbocycles. The molecule has 102 valence electrons. The molecule has 4 nitrogen and oxygen atoms in total. The summed E-state index contributed by atoms with van der Waals surface area (Å²) in [5, 5.41) is 3.35. The Morgan fingerprint density at radius 1 is 1.17 bits per heavy atom. The zero-order chi connectivity index (χ0) is 13.2. The third-order valence-corrected chi connectivity index (χ3v) is 2.92. The highest BCUT2D eigenvalue weighted by Gasteiger charge is 2.04. The van der Waals surface area contributed by atoms with E-state index in [-0.39, 0.29) is 0 Å². The molecule has 0 fully saturated rings. The second-order valence-corrected chi connectivity index (χ2v) is 4.65. The Morgan fingerprint density at radius 3 is 2.67 bits per heavy atom. The predicted molar refractivity (Wildman–Crippen MR) is 78.2 cm³/mol. The Hall–Kier alpha value is -1.32. The van der Waals surface area contributed by atoms with Gasteiger partial charge >= 0.3 is 0 Å². The molecule has 0 aromatic carbocycles. The van der Waals surface area contributed by atoms with Gasteiger partial charge in [0.1, 0.15) is 5.82 Å². The van der Waals surface area contributed by atoms with Crippen molar-refractivity contribution in [3.63, 3.8) is 0 Å². The van der Waals surface area contributed by atoms with Crippen molar-refractivity contribution in [2.75, 3.05) is 30.4 Å². The normalized spacial score (nSPS) is 10.4. The van der Waals surface area contributed by atoms with E-state index in [1.54, 1.807) is 0 Å². The van der Waals surface area contributed by atoms with E-state index in [0.717, 1.165) is 24.9 Å². The molecule has 0 spiro atoms. The van der Waals surface area contributed by atoms with Gasteiger partial charge in [-0.2, -0.15) is 4.98 Å². The van der Waals surface area contributed by atoms with E-state index >= 15 is 0 Å². The summed E-state index contributed by atoms with van der Waals surface area (Å²) in [5.41, 5.74) is 0. The molecule has 1 heterocycles. The second-order valence-electron chi connectivity index (χ2n) is 4.65. The van der Waals surface area contributed by atoms with Crippen LogP contribution in [0.1, 0.15) is 46.0 Å². The van der Waals surface area contributed by atoms with Crippen LogP contribution in [0.15, 0.2) is 12.3 Å². The number of hydrogen-bond acceptors (Lipinski definition) is 4. The fourth-order valence-corrected chi connectivity index (χ4v) is 1.72. The van der Waals surface area contributed by atoms with Gasteiger partial charge in [0, 0.05) is 26.3 Å². The van der Waals surface area contributed by atoms with Crippen LogP contribution in [0.3, 0.4) is 0 Å². The van der Waals surface area contributed by atoms with Crippen LogP contribution in [-0.4, -0.2) is 30.1 Å². The van der Waals surface area contributed by atoms with E-state index in [4.69, 9.17) is 0 Å². The highest BCUT2D eigenvalue weighted by atomic mass is 15.2. The Bertz CT molecular complexity index is 327. The van der Waals surface area contributed by atoms with Crippen LogP contribution in [0.2, 0.25) is 0 Å². The maximum atomic E-state index is 4.53. The number of hydrogen-bond donors (Lipinski definition) is 1. The van der Waals surface area contributed by atoms with Gasteiger partial charge in [-0.1, -0.05) is 33.1 Å². The van der Waals surface area contributed by atoms with Crippen molar-refractivity contribution in [3.05, 3.63) is 12.3 Å². The highest BCUT2D eigenvalue weighted by molar-refractivity contribution is 5.40. The van der Waals surface area contributed by atoms with E-state index < -0.39 is 0 Å². The average molecular weight is 250 g/mol. The van der Waals surface area contributed by atoms with Crippen LogP contribution < -0.4 is 10.2 Å². The van der Waals surface area contributed by atoms with E-state index in [0.29, 0.717) is 0 Å². The topological polar surface area (TPSA) is 41.1 Å². The van der Waals surface area contributed by atoms with Gasteiger partial charge in [0.2, 0.25) is 5.95 Å². The molecule has 1 N–H and O–H groups in total. The lowest BCUT2D eigenvalue weighted by Gasteiger charge is -2.17. The summed E-state index contributed by atoms with van der Waals surface area (Å²) in [6.07, 6.45) is 7.90. The molecule has 1 aromatic rings.